The zero-order chi connectivity index (χ0) is 18.5. The molecule has 132 valence electrons. The van der Waals surface area contributed by atoms with E-state index >= 15 is 0 Å². The summed E-state index contributed by atoms with van der Waals surface area (Å²) in [5.41, 5.74) is 2.00. The van der Waals surface area contributed by atoms with Crippen molar-refractivity contribution in [3.63, 3.8) is 0 Å². The number of hydrogen-bond acceptors (Lipinski definition) is 6. The summed E-state index contributed by atoms with van der Waals surface area (Å²) in [6, 6.07) is 10.9. The van der Waals surface area contributed by atoms with Gasteiger partial charge in [-0.1, -0.05) is 28.1 Å². The molecular formula is C18H14BrN3O3S. The van der Waals surface area contributed by atoms with Crippen molar-refractivity contribution >= 4 is 44.3 Å². The molecule has 6 nitrogen and oxygen atoms in total. The van der Waals surface area contributed by atoms with E-state index in [0.717, 1.165) is 15.7 Å². The molecule has 1 N–H and O–H groups in total. The van der Waals surface area contributed by atoms with E-state index in [-0.39, 0.29) is 0 Å². The first-order valence-corrected chi connectivity index (χ1v) is 9.33. The second kappa shape index (κ2) is 8.20. The fourth-order valence-electron chi connectivity index (χ4n) is 2.06. The molecule has 26 heavy (non-hydrogen) atoms. The highest BCUT2D eigenvalue weighted by Crippen LogP contribution is 2.26. The van der Waals surface area contributed by atoms with E-state index < -0.39 is 18.0 Å². The SMILES string of the molecule is CC(OC(=O)c1cccnc1)C(=O)Nc1nc(-c2ccc(Br)cc2)cs1. The van der Waals surface area contributed by atoms with Crippen molar-refractivity contribution in [3.8, 4) is 11.3 Å². The van der Waals surface area contributed by atoms with E-state index in [1.807, 2.05) is 29.6 Å². The largest absolute Gasteiger partial charge is 0.449 e. The lowest BCUT2D eigenvalue weighted by Crippen LogP contribution is -2.30. The van der Waals surface area contributed by atoms with E-state index in [1.165, 1.54) is 24.5 Å². The molecular weight excluding hydrogens is 418 g/mol. The lowest BCUT2D eigenvalue weighted by atomic mass is 10.2. The number of halogens is 1. The Morgan fingerprint density at radius 2 is 2.00 bits per heavy atom. The number of carbonyl (C=O) groups is 2. The Balaban J connectivity index is 1.61. The van der Waals surface area contributed by atoms with Crippen LogP contribution in [0, 0.1) is 0 Å². The fraction of sp³-hybridized carbons (Fsp3) is 0.111. The highest BCUT2D eigenvalue weighted by Gasteiger charge is 2.20. The molecule has 1 unspecified atom stereocenters. The number of esters is 1. The third-order valence-electron chi connectivity index (χ3n) is 3.42. The average Bonchev–Trinajstić information content (AvgIpc) is 3.11. The Morgan fingerprint density at radius 1 is 1.23 bits per heavy atom. The highest BCUT2D eigenvalue weighted by atomic mass is 79.9. The van der Waals surface area contributed by atoms with Crippen molar-refractivity contribution in [3.05, 3.63) is 64.2 Å². The number of rotatable bonds is 5. The van der Waals surface area contributed by atoms with Crippen molar-refractivity contribution in [2.24, 2.45) is 0 Å². The van der Waals surface area contributed by atoms with Gasteiger partial charge in [-0.05, 0) is 31.2 Å². The molecule has 2 aromatic heterocycles. The molecule has 0 saturated heterocycles. The third-order valence-corrected chi connectivity index (χ3v) is 4.71. The van der Waals surface area contributed by atoms with Gasteiger partial charge >= 0.3 is 5.97 Å². The monoisotopic (exact) mass is 431 g/mol. The van der Waals surface area contributed by atoms with Gasteiger partial charge in [-0.3, -0.25) is 15.1 Å². The molecule has 1 atom stereocenters. The minimum Gasteiger partial charge on any atom is -0.449 e. The van der Waals surface area contributed by atoms with Gasteiger partial charge in [0, 0.05) is 27.8 Å². The first kappa shape index (κ1) is 18.2. The maximum absolute atomic E-state index is 12.2. The Labute approximate surface area is 162 Å². The van der Waals surface area contributed by atoms with Crippen LogP contribution in [0.25, 0.3) is 11.3 Å². The van der Waals surface area contributed by atoms with Gasteiger partial charge in [0.25, 0.3) is 5.91 Å². The third kappa shape index (κ3) is 4.53. The number of amides is 1. The molecule has 0 bridgehead atoms. The molecule has 0 radical (unpaired) electrons. The van der Waals surface area contributed by atoms with Crippen molar-refractivity contribution in [1.29, 1.82) is 0 Å². The minimum atomic E-state index is -0.956. The van der Waals surface area contributed by atoms with E-state index in [0.29, 0.717) is 10.7 Å². The molecule has 0 aliphatic carbocycles. The molecule has 2 heterocycles. The second-order valence-electron chi connectivity index (χ2n) is 5.32. The summed E-state index contributed by atoms with van der Waals surface area (Å²) in [6.45, 7) is 1.51. The number of ether oxygens (including phenoxy) is 1. The van der Waals surface area contributed by atoms with Crippen molar-refractivity contribution in [2.75, 3.05) is 5.32 Å². The average molecular weight is 432 g/mol. The van der Waals surface area contributed by atoms with E-state index in [1.54, 1.807) is 18.3 Å². The highest BCUT2D eigenvalue weighted by molar-refractivity contribution is 9.10. The van der Waals surface area contributed by atoms with Gasteiger partial charge in [0.1, 0.15) is 0 Å². The Morgan fingerprint density at radius 3 is 2.69 bits per heavy atom. The maximum atomic E-state index is 12.2. The van der Waals surface area contributed by atoms with Gasteiger partial charge in [0.15, 0.2) is 11.2 Å². The Bertz CT molecular complexity index is 913. The van der Waals surface area contributed by atoms with Gasteiger partial charge in [-0.25, -0.2) is 9.78 Å². The summed E-state index contributed by atoms with van der Waals surface area (Å²) < 4.78 is 6.14. The summed E-state index contributed by atoms with van der Waals surface area (Å²) in [5, 5.41) is 4.96. The lowest BCUT2D eigenvalue weighted by molar-refractivity contribution is -0.123. The number of carbonyl (C=O) groups excluding carboxylic acids is 2. The molecule has 0 aliphatic rings. The van der Waals surface area contributed by atoms with Gasteiger partial charge in [-0.15, -0.1) is 11.3 Å². The Kier molecular flexibility index (Phi) is 5.75. The molecule has 1 aromatic carbocycles. The molecule has 0 spiro atoms. The number of nitrogens with one attached hydrogen (secondary N) is 1. The van der Waals surface area contributed by atoms with E-state index in [4.69, 9.17) is 4.74 Å². The van der Waals surface area contributed by atoms with Crippen LogP contribution in [0.3, 0.4) is 0 Å². The molecule has 3 rings (SSSR count). The van der Waals surface area contributed by atoms with Gasteiger partial charge in [0.05, 0.1) is 11.3 Å². The normalized spacial score (nSPS) is 11.6. The van der Waals surface area contributed by atoms with E-state index in [9.17, 15) is 9.59 Å². The van der Waals surface area contributed by atoms with Crippen molar-refractivity contribution in [2.45, 2.75) is 13.0 Å². The van der Waals surface area contributed by atoms with Crippen LogP contribution >= 0.6 is 27.3 Å². The van der Waals surface area contributed by atoms with Gasteiger partial charge in [-0.2, -0.15) is 0 Å². The van der Waals surface area contributed by atoms with Crippen LogP contribution < -0.4 is 5.32 Å². The number of thiazole rings is 1. The number of pyridine rings is 1. The smallest absolute Gasteiger partial charge is 0.340 e. The first-order valence-electron chi connectivity index (χ1n) is 7.66. The minimum absolute atomic E-state index is 0.291. The van der Waals surface area contributed by atoms with Crippen LogP contribution in [0.1, 0.15) is 17.3 Å². The number of benzene rings is 1. The quantitative estimate of drug-likeness (QED) is 0.613. The number of hydrogen-bond donors (Lipinski definition) is 1. The summed E-state index contributed by atoms with van der Waals surface area (Å²) in [5.74, 6) is -1.05. The molecule has 0 aliphatic heterocycles. The van der Waals surface area contributed by atoms with Crippen molar-refractivity contribution in [1.82, 2.24) is 9.97 Å². The number of nitrogens with zero attached hydrogens (tertiary/aromatic N) is 2. The summed E-state index contributed by atoms with van der Waals surface area (Å²) in [6.07, 6.45) is 1.99. The van der Waals surface area contributed by atoms with Gasteiger partial charge < -0.3 is 4.74 Å². The molecule has 0 fully saturated rings. The van der Waals surface area contributed by atoms with Crippen LogP contribution in [0.2, 0.25) is 0 Å². The lowest BCUT2D eigenvalue weighted by Gasteiger charge is -2.12. The first-order chi connectivity index (χ1) is 12.5. The second-order valence-corrected chi connectivity index (χ2v) is 7.10. The zero-order valence-electron chi connectivity index (χ0n) is 13.7. The predicted octanol–water partition coefficient (Wildman–Crippen LogP) is 4.15. The summed E-state index contributed by atoms with van der Waals surface area (Å²) in [4.78, 5) is 32.4. The van der Waals surface area contributed by atoms with Crippen LogP contribution in [0.15, 0.2) is 58.6 Å². The standard InChI is InChI=1S/C18H14BrN3O3S/c1-11(25-17(24)13-3-2-8-20-9-13)16(23)22-18-21-15(10-26-18)12-4-6-14(19)7-5-12/h2-11H,1H3,(H,21,22,23). The van der Waals surface area contributed by atoms with E-state index in [2.05, 4.69) is 31.2 Å². The van der Waals surface area contributed by atoms with Gasteiger partial charge in [0.2, 0.25) is 0 Å². The molecule has 0 saturated carbocycles. The van der Waals surface area contributed by atoms with Crippen LogP contribution in [-0.4, -0.2) is 27.9 Å². The number of anilines is 1. The molecule has 3 aromatic rings. The Hall–Kier alpha value is -2.58. The topological polar surface area (TPSA) is 81.2 Å². The summed E-state index contributed by atoms with van der Waals surface area (Å²) >= 11 is 4.69. The van der Waals surface area contributed by atoms with Crippen LogP contribution in [0.4, 0.5) is 5.13 Å². The summed E-state index contributed by atoms with van der Waals surface area (Å²) in [7, 11) is 0. The zero-order valence-corrected chi connectivity index (χ0v) is 16.1. The van der Waals surface area contributed by atoms with Crippen molar-refractivity contribution < 1.29 is 14.3 Å². The molecule has 8 heteroatoms. The predicted molar refractivity (Wildman–Crippen MR) is 103 cm³/mol. The van der Waals surface area contributed by atoms with Crippen LogP contribution in [0.5, 0.6) is 0 Å². The maximum Gasteiger partial charge on any atom is 0.340 e. The van der Waals surface area contributed by atoms with Crippen LogP contribution in [-0.2, 0) is 9.53 Å². The molecule has 1 amide bonds. The fourth-order valence-corrected chi connectivity index (χ4v) is 3.04. The number of aromatic nitrogens is 2.